The molecule has 0 saturated heterocycles. The van der Waals surface area contributed by atoms with E-state index in [9.17, 15) is 0 Å². The normalized spacial score (nSPS) is 10.5. The first-order valence-electron chi connectivity index (χ1n) is 4.96. The van der Waals surface area contributed by atoms with Gasteiger partial charge >= 0.3 is 0 Å². The second kappa shape index (κ2) is 4.28. The van der Waals surface area contributed by atoms with Crippen LogP contribution in [-0.2, 0) is 6.42 Å². The monoisotopic (exact) mass is 202 g/mol. The topological polar surface area (TPSA) is 48.1 Å². The lowest BCUT2D eigenvalue weighted by Gasteiger charge is -2.08. The fraction of sp³-hybridized carbons (Fsp3) is 0.250. The number of fused-ring (bicyclic) bond motifs is 1. The zero-order valence-electron chi connectivity index (χ0n) is 8.73. The number of nitrogens with two attached hydrogens (primary N) is 1. The molecule has 0 saturated carbocycles. The Morgan fingerprint density at radius 2 is 2.13 bits per heavy atom. The molecule has 3 nitrogen and oxygen atoms in total. The minimum atomic E-state index is 0.649. The number of benzene rings is 1. The van der Waals surface area contributed by atoms with Crippen molar-refractivity contribution in [2.75, 3.05) is 13.7 Å². The lowest BCUT2D eigenvalue weighted by atomic mass is 10.0. The molecule has 0 bridgehead atoms. The summed E-state index contributed by atoms with van der Waals surface area (Å²) in [5, 5.41) is 2.22. The molecule has 0 amide bonds. The Balaban J connectivity index is 2.66. The van der Waals surface area contributed by atoms with E-state index in [1.165, 1.54) is 5.56 Å². The summed E-state index contributed by atoms with van der Waals surface area (Å²) in [6, 6.07) is 6.00. The fourth-order valence-electron chi connectivity index (χ4n) is 1.77. The first-order chi connectivity index (χ1) is 7.36. The molecule has 0 atom stereocenters. The maximum Gasteiger partial charge on any atom is 0.126 e. The van der Waals surface area contributed by atoms with Crippen LogP contribution in [0.2, 0.25) is 0 Å². The van der Waals surface area contributed by atoms with Gasteiger partial charge in [0.25, 0.3) is 0 Å². The van der Waals surface area contributed by atoms with Gasteiger partial charge in [0.2, 0.25) is 0 Å². The molecule has 1 heterocycles. The van der Waals surface area contributed by atoms with Gasteiger partial charge in [0, 0.05) is 23.2 Å². The van der Waals surface area contributed by atoms with Crippen molar-refractivity contribution in [1.29, 1.82) is 0 Å². The third-order valence-electron chi connectivity index (χ3n) is 2.50. The van der Waals surface area contributed by atoms with Crippen LogP contribution < -0.4 is 10.5 Å². The predicted molar refractivity (Wildman–Crippen MR) is 61.1 cm³/mol. The number of pyridine rings is 1. The van der Waals surface area contributed by atoms with Crippen molar-refractivity contribution in [2.45, 2.75) is 6.42 Å². The summed E-state index contributed by atoms with van der Waals surface area (Å²) >= 11 is 0. The lowest BCUT2D eigenvalue weighted by molar-refractivity contribution is 0.419. The number of rotatable bonds is 3. The SMILES string of the molecule is COc1ccc(CCN)c2cnccc12. The van der Waals surface area contributed by atoms with Crippen molar-refractivity contribution in [3.05, 3.63) is 36.2 Å². The smallest absolute Gasteiger partial charge is 0.126 e. The van der Waals surface area contributed by atoms with Gasteiger partial charge in [-0.05, 0) is 30.7 Å². The van der Waals surface area contributed by atoms with Gasteiger partial charge in [-0.1, -0.05) is 6.07 Å². The molecule has 0 unspecified atom stereocenters. The van der Waals surface area contributed by atoms with Crippen molar-refractivity contribution in [2.24, 2.45) is 5.73 Å². The standard InChI is InChI=1S/C12H14N2O/c1-15-12-3-2-9(4-6-13)11-8-14-7-5-10(11)12/h2-3,5,7-8H,4,6,13H2,1H3. The highest BCUT2D eigenvalue weighted by molar-refractivity contribution is 5.90. The van der Waals surface area contributed by atoms with E-state index >= 15 is 0 Å². The summed E-state index contributed by atoms with van der Waals surface area (Å²) < 4.78 is 5.30. The highest BCUT2D eigenvalue weighted by atomic mass is 16.5. The molecule has 1 aromatic heterocycles. The van der Waals surface area contributed by atoms with Crippen LogP contribution in [0.3, 0.4) is 0 Å². The van der Waals surface area contributed by atoms with E-state index in [4.69, 9.17) is 10.5 Å². The van der Waals surface area contributed by atoms with Gasteiger partial charge in [-0.2, -0.15) is 0 Å². The largest absolute Gasteiger partial charge is 0.496 e. The molecule has 1 aromatic carbocycles. The summed E-state index contributed by atoms with van der Waals surface area (Å²) in [6.07, 6.45) is 4.51. The minimum absolute atomic E-state index is 0.649. The van der Waals surface area contributed by atoms with E-state index < -0.39 is 0 Å². The predicted octanol–water partition coefficient (Wildman–Crippen LogP) is 1.74. The quantitative estimate of drug-likeness (QED) is 0.824. The van der Waals surface area contributed by atoms with Crippen LogP contribution in [0.4, 0.5) is 0 Å². The van der Waals surface area contributed by atoms with Gasteiger partial charge in [-0.25, -0.2) is 0 Å². The second-order valence-corrected chi connectivity index (χ2v) is 3.39. The molecule has 3 heteroatoms. The zero-order chi connectivity index (χ0) is 10.7. The Bertz CT molecular complexity index is 468. The Kier molecular flexibility index (Phi) is 2.83. The maximum absolute atomic E-state index is 5.57. The van der Waals surface area contributed by atoms with Crippen LogP contribution in [0.25, 0.3) is 10.8 Å². The number of nitrogens with zero attached hydrogens (tertiary/aromatic N) is 1. The highest BCUT2D eigenvalue weighted by Gasteiger charge is 2.05. The van der Waals surface area contributed by atoms with Crippen LogP contribution in [-0.4, -0.2) is 18.6 Å². The van der Waals surface area contributed by atoms with Crippen molar-refractivity contribution in [3.63, 3.8) is 0 Å². The Hall–Kier alpha value is -1.61. The molecule has 0 aliphatic rings. The first kappa shape index (κ1) is 9.93. The molecule has 2 aromatic rings. The van der Waals surface area contributed by atoms with Gasteiger partial charge in [0.15, 0.2) is 0 Å². The first-order valence-corrected chi connectivity index (χ1v) is 4.96. The summed E-state index contributed by atoms with van der Waals surface area (Å²) in [4.78, 5) is 4.13. The molecule has 0 aliphatic heterocycles. The number of aromatic nitrogens is 1. The molecule has 78 valence electrons. The van der Waals surface area contributed by atoms with Crippen LogP contribution >= 0.6 is 0 Å². The average Bonchev–Trinajstić information content (AvgIpc) is 2.30. The van der Waals surface area contributed by atoms with Crippen LogP contribution in [0.5, 0.6) is 5.75 Å². The van der Waals surface area contributed by atoms with Gasteiger partial charge < -0.3 is 10.5 Å². The van der Waals surface area contributed by atoms with Crippen LogP contribution in [0, 0.1) is 0 Å². The van der Waals surface area contributed by atoms with E-state index in [-0.39, 0.29) is 0 Å². The second-order valence-electron chi connectivity index (χ2n) is 3.39. The summed E-state index contributed by atoms with van der Waals surface area (Å²) in [5.74, 6) is 0.883. The molecule has 0 fully saturated rings. The highest BCUT2D eigenvalue weighted by Crippen LogP contribution is 2.27. The Morgan fingerprint density at radius 1 is 1.27 bits per heavy atom. The van der Waals surface area contributed by atoms with Gasteiger partial charge in [0.1, 0.15) is 5.75 Å². The van der Waals surface area contributed by atoms with Gasteiger partial charge in [-0.15, -0.1) is 0 Å². The van der Waals surface area contributed by atoms with Crippen molar-refractivity contribution >= 4 is 10.8 Å². The minimum Gasteiger partial charge on any atom is -0.496 e. The fourth-order valence-corrected chi connectivity index (χ4v) is 1.77. The van der Waals surface area contributed by atoms with E-state index in [1.54, 1.807) is 13.3 Å². The van der Waals surface area contributed by atoms with Gasteiger partial charge in [0.05, 0.1) is 7.11 Å². The Morgan fingerprint density at radius 3 is 2.87 bits per heavy atom. The van der Waals surface area contributed by atoms with E-state index in [0.717, 1.165) is 22.9 Å². The molecular formula is C12H14N2O. The molecular weight excluding hydrogens is 188 g/mol. The molecule has 2 rings (SSSR count). The number of hydrogen-bond donors (Lipinski definition) is 1. The maximum atomic E-state index is 5.57. The van der Waals surface area contributed by atoms with E-state index in [1.807, 2.05) is 18.3 Å². The summed E-state index contributed by atoms with van der Waals surface area (Å²) in [5.41, 5.74) is 6.79. The number of ether oxygens (including phenoxy) is 1. The summed E-state index contributed by atoms with van der Waals surface area (Å²) in [6.45, 7) is 0.649. The molecule has 0 spiro atoms. The number of methoxy groups -OCH3 is 1. The molecule has 2 N–H and O–H groups in total. The molecule has 0 aliphatic carbocycles. The van der Waals surface area contributed by atoms with Crippen LogP contribution in [0.15, 0.2) is 30.6 Å². The Labute approximate surface area is 88.9 Å². The van der Waals surface area contributed by atoms with E-state index in [2.05, 4.69) is 11.1 Å². The van der Waals surface area contributed by atoms with Crippen molar-refractivity contribution < 1.29 is 4.74 Å². The average molecular weight is 202 g/mol. The van der Waals surface area contributed by atoms with Crippen LogP contribution in [0.1, 0.15) is 5.56 Å². The van der Waals surface area contributed by atoms with E-state index in [0.29, 0.717) is 6.54 Å². The van der Waals surface area contributed by atoms with Gasteiger partial charge in [-0.3, -0.25) is 4.98 Å². The molecule has 0 radical (unpaired) electrons. The third kappa shape index (κ3) is 1.78. The van der Waals surface area contributed by atoms with Crippen molar-refractivity contribution in [1.82, 2.24) is 4.98 Å². The molecule has 15 heavy (non-hydrogen) atoms. The van der Waals surface area contributed by atoms with Crippen molar-refractivity contribution in [3.8, 4) is 5.75 Å². The summed E-state index contributed by atoms with van der Waals surface area (Å²) in [7, 11) is 1.68. The third-order valence-corrected chi connectivity index (χ3v) is 2.50. The number of hydrogen-bond acceptors (Lipinski definition) is 3. The zero-order valence-corrected chi connectivity index (χ0v) is 8.73. The lowest BCUT2D eigenvalue weighted by Crippen LogP contribution is -2.03.